The maximum Gasteiger partial charge on any atom is 0.317 e. The third-order valence-corrected chi connectivity index (χ3v) is 4.86. The van der Waals surface area contributed by atoms with Crippen molar-refractivity contribution in [2.24, 2.45) is 0 Å². The molecule has 0 aromatic carbocycles. The van der Waals surface area contributed by atoms with Gasteiger partial charge in [0, 0.05) is 25.2 Å². The molecule has 1 heterocycles. The SMILES string of the molecule is CC(C)NC(=O)N(CCN(C)C)C1CCS(=O)(=O)C1. The first-order valence-electron chi connectivity index (χ1n) is 6.63. The van der Waals surface area contributed by atoms with Crippen molar-refractivity contribution in [1.82, 2.24) is 15.1 Å². The molecule has 112 valence electrons. The maximum absolute atomic E-state index is 12.2. The number of rotatable bonds is 5. The van der Waals surface area contributed by atoms with Crippen molar-refractivity contribution in [3.63, 3.8) is 0 Å². The van der Waals surface area contributed by atoms with Crippen molar-refractivity contribution < 1.29 is 13.2 Å². The van der Waals surface area contributed by atoms with Gasteiger partial charge in [-0.1, -0.05) is 0 Å². The summed E-state index contributed by atoms with van der Waals surface area (Å²) in [6.45, 7) is 5.06. The zero-order valence-corrected chi connectivity index (χ0v) is 13.0. The number of hydrogen-bond acceptors (Lipinski definition) is 4. The highest BCUT2D eigenvalue weighted by Crippen LogP contribution is 2.18. The van der Waals surface area contributed by atoms with E-state index in [2.05, 4.69) is 5.32 Å². The topological polar surface area (TPSA) is 69.7 Å². The molecule has 0 radical (unpaired) electrons. The molecular formula is C12H25N3O3S. The first-order valence-corrected chi connectivity index (χ1v) is 8.45. The second-order valence-electron chi connectivity index (χ2n) is 5.66. The van der Waals surface area contributed by atoms with Crippen LogP contribution in [0.15, 0.2) is 0 Å². The Kier molecular flexibility index (Phi) is 5.61. The van der Waals surface area contributed by atoms with Gasteiger partial charge in [-0.15, -0.1) is 0 Å². The molecule has 1 N–H and O–H groups in total. The summed E-state index contributed by atoms with van der Waals surface area (Å²) in [5, 5.41) is 2.84. The molecule has 1 saturated heterocycles. The van der Waals surface area contributed by atoms with E-state index in [9.17, 15) is 13.2 Å². The molecule has 1 fully saturated rings. The smallest absolute Gasteiger partial charge is 0.317 e. The van der Waals surface area contributed by atoms with Crippen molar-refractivity contribution in [2.75, 3.05) is 38.7 Å². The molecule has 0 saturated carbocycles. The normalized spacial score (nSPS) is 21.9. The molecule has 1 aliphatic heterocycles. The Morgan fingerprint density at radius 2 is 1.95 bits per heavy atom. The summed E-state index contributed by atoms with van der Waals surface area (Å²) in [7, 11) is 0.893. The quantitative estimate of drug-likeness (QED) is 0.783. The monoisotopic (exact) mass is 291 g/mol. The van der Waals surface area contributed by atoms with Crippen molar-refractivity contribution in [2.45, 2.75) is 32.4 Å². The molecule has 0 aliphatic carbocycles. The van der Waals surface area contributed by atoms with Crippen LogP contribution in [0.5, 0.6) is 0 Å². The number of amides is 2. The van der Waals surface area contributed by atoms with E-state index >= 15 is 0 Å². The van der Waals surface area contributed by atoms with E-state index in [1.54, 1.807) is 4.90 Å². The van der Waals surface area contributed by atoms with Gasteiger partial charge in [-0.3, -0.25) is 0 Å². The first kappa shape index (κ1) is 16.2. The molecule has 1 rings (SSSR count). The third kappa shape index (κ3) is 5.36. The minimum absolute atomic E-state index is 0.0485. The summed E-state index contributed by atoms with van der Waals surface area (Å²) in [4.78, 5) is 15.8. The fourth-order valence-corrected chi connectivity index (χ4v) is 3.84. The molecule has 0 aromatic heterocycles. The Morgan fingerprint density at radius 3 is 2.37 bits per heavy atom. The molecular weight excluding hydrogens is 266 g/mol. The average molecular weight is 291 g/mol. The molecule has 0 bridgehead atoms. The minimum Gasteiger partial charge on any atom is -0.336 e. The van der Waals surface area contributed by atoms with Gasteiger partial charge < -0.3 is 15.1 Å². The Bertz CT molecular complexity index is 406. The predicted octanol–water partition coefficient (Wildman–Crippen LogP) is 0.155. The number of nitrogens with zero attached hydrogens (tertiary/aromatic N) is 2. The Morgan fingerprint density at radius 1 is 1.32 bits per heavy atom. The molecule has 1 atom stereocenters. The van der Waals surface area contributed by atoms with Gasteiger partial charge in [-0.05, 0) is 34.4 Å². The first-order chi connectivity index (χ1) is 8.71. The number of urea groups is 1. The van der Waals surface area contributed by atoms with Crippen LogP contribution in [-0.4, -0.2) is 75.0 Å². The number of carbonyl (C=O) groups is 1. The largest absolute Gasteiger partial charge is 0.336 e. The molecule has 6 nitrogen and oxygen atoms in total. The summed E-state index contributed by atoms with van der Waals surface area (Å²) in [6.07, 6.45) is 0.543. The zero-order chi connectivity index (χ0) is 14.6. The van der Waals surface area contributed by atoms with Crippen molar-refractivity contribution in [3.8, 4) is 0 Å². The molecule has 7 heteroatoms. The van der Waals surface area contributed by atoms with E-state index in [0.29, 0.717) is 13.0 Å². The highest BCUT2D eigenvalue weighted by Gasteiger charge is 2.34. The predicted molar refractivity (Wildman–Crippen MR) is 76.0 cm³/mol. The van der Waals surface area contributed by atoms with Crippen LogP contribution in [0.3, 0.4) is 0 Å². The van der Waals surface area contributed by atoms with E-state index in [4.69, 9.17) is 0 Å². The van der Waals surface area contributed by atoms with Crippen LogP contribution in [-0.2, 0) is 9.84 Å². The van der Waals surface area contributed by atoms with Crippen molar-refractivity contribution in [1.29, 1.82) is 0 Å². The van der Waals surface area contributed by atoms with Crippen molar-refractivity contribution in [3.05, 3.63) is 0 Å². The minimum atomic E-state index is -2.98. The van der Waals surface area contributed by atoms with Gasteiger partial charge in [0.25, 0.3) is 0 Å². The summed E-state index contributed by atoms with van der Waals surface area (Å²) in [6, 6.07) is -0.310. The fraction of sp³-hybridized carbons (Fsp3) is 0.917. The number of sulfone groups is 1. The summed E-state index contributed by atoms with van der Waals surface area (Å²) in [5.41, 5.74) is 0. The van der Waals surface area contributed by atoms with Crippen LogP contribution in [0.1, 0.15) is 20.3 Å². The molecule has 1 aliphatic rings. The standard InChI is InChI=1S/C12H25N3O3S/c1-10(2)13-12(16)15(7-6-14(3)4)11-5-8-19(17,18)9-11/h10-11H,5-9H2,1-4H3,(H,13,16). The fourth-order valence-electron chi connectivity index (χ4n) is 2.11. The highest BCUT2D eigenvalue weighted by atomic mass is 32.2. The lowest BCUT2D eigenvalue weighted by molar-refractivity contribution is 0.171. The lowest BCUT2D eigenvalue weighted by Gasteiger charge is -2.30. The Balaban J connectivity index is 2.72. The number of likely N-dealkylation sites (N-methyl/N-ethyl adjacent to an activating group) is 1. The second kappa shape index (κ2) is 6.56. The van der Waals surface area contributed by atoms with Gasteiger partial charge in [0.2, 0.25) is 0 Å². The van der Waals surface area contributed by atoms with Gasteiger partial charge in [0.15, 0.2) is 9.84 Å². The molecule has 1 unspecified atom stereocenters. The van der Waals surface area contributed by atoms with Crippen LogP contribution in [0, 0.1) is 0 Å². The Hall–Kier alpha value is -0.820. The molecule has 2 amide bonds. The lowest BCUT2D eigenvalue weighted by atomic mass is 10.2. The molecule has 19 heavy (non-hydrogen) atoms. The maximum atomic E-state index is 12.2. The van der Waals surface area contributed by atoms with E-state index < -0.39 is 9.84 Å². The van der Waals surface area contributed by atoms with E-state index in [1.165, 1.54) is 0 Å². The molecule has 0 spiro atoms. The third-order valence-electron chi connectivity index (χ3n) is 3.11. The van der Waals surface area contributed by atoms with E-state index in [-0.39, 0.29) is 29.6 Å². The lowest BCUT2D eigenvalue weighted by Crippen LogP contribution is -2.50. The number of carbonyl (C=O) groups excluding carboxylic acids is 1. The second-order valence-corrected chi connectivity index (χ2v) is 7.89. The van der Waals surface area contributed by atoms with E-state index in [1.807, 2.05) is 32.8 Å². The van der Waals surface area contributed by atoms with Crippen LogP contribution in [0.4, 0.5) is 4.79 Å². The van der Waals surface area contributed by atoms with Crippen LogP contribution >= 0.6 is 0 Å². The zero-order valence-electron chi connectivity index (χ0n) is 12.2. The average Bonchev–Trinajstić information content (AvgIpc) is 2.57. The molecule has 0 aromatic rings. The Labute approximate surface area is 116 Å². The van der Waals surface area contributed by atoms with Gasteiger partial charge in [-0.2, -0.15) is 0 Å². The van der Waals surface area contributed by atoms with Gasteiger partial charge in [0.05, 0.1) is 11.5 Å². The van der Waals surface area contributed by atoms with Gasteiger partial charge in [-0.25, -0.2) is 13.2 Å². The van der Waals surface area contributed by atoms with Gasteiger partial charge >= 0.3 is 6.03 Å². The highest BCUT2D eigenvalue weighted by molar-refractivity contribution is 7.91. The van der Waals surface area contributed by atoms with Crippen molar-refractivity contribution >= 4 is 15.9 Å². The summed E-state index contributed by atoms with van der Waals surface area (Å²) < 4.78 is 23.1. The number of hydrogen-bond donors (Lipinski definition) is 1. The van der Waals surface area contributed by atoms with Crippen LogP contribution in [0.2, 0.25) is 0 Å². The number of nitrogens with one attached hydrogen (secondary N) is 1. The summed E-state index contributed by atoms with van der Waals surface area (Å²) in [5.74, 6) is 0.275. The van der Waals surface area contributed by atoms with Crippen LogP contribution < -0.4 is 5.32 Å². The summed E-state index contributed by atoms with van der Waals surface area (Å²) >= 11 is 0. The van der Waals surface area contributed by atoms with Gasteiger partial charge in [0.1, 0.15) is 0 Å². The van der Waals surface area contributed by atoms with Crippen LogP contribution in [0.25, 0.3) is 0 Å². The van der Waals surface area contributed by atoms with E-state index in [0.717, 1.165) is 6.54 Å².